The summed E-state index contributed by atoms with van der Waals surface area (Å²) in [7, 11) is 0. The first-order valence-electron chi connectivity index (χ1n) is 11.4. The van der Waals surface area contributed by atoms with E-state index in [9.17, 15) is 0 Å². The third-order valence-corrected chi connectivity index (χ3v) is 6.28. The van der Waals surface area contributed by atoms with Gasteiger partial charge in [-0.25, -0.2) is 9.50 Å². The van der Waals surface area contributed by atoms with Gasteiger partial charge in [-0.2, -0.15) is 10.6 Å². The number of fused-ring (bicyclic) bond motifs is 1. The topological polar surface area (TPSA) is 127 Å². The molecule has 3 aromatic heterocycles. The molecule has 4 aromatic rings. The van der Waals surface area contributed by atoms with Crippen molar-refractivity contribution < 1.29 is 4.74 Å². The number of hydrogen-bond donors (Lipinski definition) is 2. The Balaban J connectivity index is 1.50. The molecule has 9 nitrogen and oxygen atoms in total. The standard InChI is InChI=1S/C25H26N8O/c26-24(31-32-27)22-15-30-33-23(19-6-2-1-3-7-19)21(14-29-25(22)33)18-8-10-20(11-9-18)34-16-17-5-4-12-28-13-17/h4-5,8-15,19H,1-3,6-7,16H2,(H3,26,27,31). The first-order chi connectivity index (χ1) is 16.7. The summed E-state index contributed by atoms with van der Waals surface area (Å²) in [6.07, 6.45) is 13.0. The number of pyridine rings is 1. The lowest BCUT2D eigenvalue weighted by Gasteiger charge is -2.25. The van der Waals surface area contributed by atoms with Crippen LogP contribution in [0.5, 0.6) is 5.75 Å². The van der Waals surface area contributed by atoms with Crippen molar-refractivity contribution >= 4 is 11.5 Å². The van der Waals surface area contributed by atoms with E-state index in [0.29, 0.717) is 23.7 Å². The SMILES string of the molecule is N=N/N=C(\N)c1cnn2c(C3CCCCC3)c(-c3ccc(OCc4cccnc4)cc3)cnc12. The van der Waals surface area contributed by atoms with Crippen LogP contribution in [0.25, 0.3) is 16.8 Å². The molecule has 1 saturated carbocycles. The fraction of sp³-hybridized carbons (Fsp3) is 0.280. The summed E-state index contributed by atoms with van der Waals surface area (Å²) in [6.45, 7) is 0.470. The van der Waals surface area contributed by atoms with Gasteiger partial charge in [-0.3, -0.25) is 4.98 Å². The van der Waals surface area contributed by atoms with Gasteiger partial charge in [-0.15, -0.1) is 5.10 Å². The van der Waals surface area contributed by atoms with Crippen molar-refractivity contribution in [2.75, 3.05) is 0 Å². The minimum absolute atomic E-state index is 0.134. The number of rotatable bonds is 7. The van der Waals surface area contributed by atoms with Gasteiger partial charge in [0.25, 0.3) is 0 Å². The lowest BCUT2D eigenvalue weighted by molar-refractivity contribution is 0.306. The third-order valence-electron chi connectivity index (χ3n) is 6.28. The van der Waals surface area contributed by atoms with E-state index in [1.54, 1.807) is 18.6 Å². The molecule has 3 N–H and O–H groups in total. The Morgan fingerprint density at radius 3 is 2.65 bits per heavy atom. The summed E-state index contributed by atoms with van der Waals surface area (Å²) in [5.41, 5.74) is 18.5. The second-order valence-electron chi connectivity index (χ2n) is 8.45. The van der Waals surface area contributed by atoms with Gasteiger partial charge in [0.15, 0.2) is 11.5 Å². The van der Waals surface area contributed by atoms with Gasteiger partial charge < -0.3 is 10.5 Å². The molecule has 9 heteroatoms. The molecule has 3 heterocycles. The van der Waals surface area contributed by atoms with Crippen LogP contribution in [-0.2, 0) is 6.61 Å². The molecule has 1 aromatic carbocycles. The molecule has 5 rings (SSSR count). The minimum Gasteiger partial charge on any atom is -0.489 e. The molecule has 1 fully saturated rings. The van der Waals surface area contributed by atoms with E-state index in [-0.39, 0.29) is 5.84 Å². The fourth-order valence-electron chi connectivity index (χ4n) is 4.61. The van der Waals surface area contributed by atoms with Gasteiger partial charge >= 0.3 is 0 Å². The monoisotopic (exact) mass is 454 g/mol. The van der Waals surface area contributed by atoms with Gasteiger partial charge in [-0.05, 0) is 36.6 Å². The van der Waals surface area contributed by atoms with Crippen molar-refractivity contribution in [1.29, 1.82) is 5.53 Å². The highest BCUT2D eigenvalue weighted by molar-refractivity contribution is 6.02. The smallest absolute Gasteiger partial charge is 0.166 e. The number of nitrogens with zero attached hydrogens (tertiary/aromatic N) is 6. The van der Waals surface area contributed by atoms with E-state index in [4.69, 9.17) is 16.0 Å². The molecular weight excluding hydrogens is 428 g/mol. The average molecular weight is 455 g/mol. The molecule has 0 atom stereocenters. The van der Waals surface area contributed by atoms with Gasteiger partial charge in [0.1, 0.15) is 12.4 Å². The quantitative estimate of drug-likeness (QED) is 0.174. The maximum absolute atomic E-state index is 6.99. The first-order valence-corrected chi connectivity index (χ1v) is 11.4. The Kier molecular flexibility index (Phi) is 6.24. The maximum atomic E-state index is 6.99. The molecule has 0 amide bonds. The van der Waals surface area contributed by atoms with E-state index in [1.165, 1.54) is 19.3 Å². The predicted octanol–water partition coefficient (Wildman–Crippen LogP) is 5.07. The number of ether oxygens (including phenoxy) is 1. The first kappa shape index (κ1) is 21.7. The van der Waals surface area contributed by atoms with E-state index in [1.807, 2.05) is 35.0 Å². The summed E-state index contributed by atoms with van der Waals surface area (Å²) in [5.74, 6) is 1.31. The molecule has 1 aliphatic carbocycles. The molecule has 0 aliphatic heterocycles. The van der Waals surface area contributed by atoms with E-state index >= 15 is 0 Å². The number of benzene rings is 1. The number of nitrogens with two attached hydrogens (primary N) is 1. The highest BCUT2D eigenvalue weighted by Crippen LogP contribution is 2.38. The molecule has 0 saturated heterocycles. The zero-order chi connectivity index (χ0) is 23.3. The Morgan fingerprint density at radius 2 is 1.91 bits per heavy atom. The van der Waals surface area contributed by atoms with Gasteiger partial charge in [-0.1, -0.05) is 42.7 Å². The molecular formula is C25H26N8O. The Morgan fingerprint density at radius 1 is 1.09 bits per heavy atom. The molecule has 34 heavy (non-hydrogen) atoms. The zero-order valence-electron chi connectivity index (χ0n) is 18.8. The highest BCUT2D eigenvalue weighted by Gasteiger charge is 2.25. The predicted molar refractivity (Wildman–Crippen MR) is 129 cm³/mol. The number of aromatic nitrogens is 4. The molecule has 172 valence electrons. The van der Waals surface area contributed by atoms with Crippen LogP contribution in [0.4, 0.5) is 0 Å². The second kappa shape index (κ2) is 9.78. The summed E-state index contributed by atoms with van der Waals surface area (Å²) in [5, 5.41) is 11.3. The second-order valence-corrected chi connectivity index (χ2v) is 8.45. The van der Waals surface area contributed by atoms with Crippen LogP contribution in [0.3, 0.4) is 0 Å². The van der Waals surface area contributed by atoms with Crippen LogP contribution in [0.1, 0.15) is 54.8 Å². The van der Waals surface area contributed by atoms with E-state index < -0.39 is 0 Å². The molecule has 0 spiro atoms. The van der Waals surface area contributed by atoms with Gasteiger partial charge in [0.05, 0.1) is 17.5 Å². The Hall–Kier alpha value is -4.14. The number of nitrogens with one attached hydrogen (secondary N) is 1. The summed E-state index contributed by atoms with van der Waals surface area (Å²) >= 11 is 0. The number of hydrogen-bond acceptors (Lipinski definition) is 6. The van der Waals surface area contributed by atoms with E-state index in [0.717, 1.165) is 41.0 Å². The van der Waals surface area contributed by atoms with Crippen molar-refractivity contribution in [3.63, 3.8) is 0 Å². The van der Waals surface area contributed by atoms with Crippen LogP contribution in [0.2, 0.25) is 0 Å². The minimum atomic E-state index is 0.134. The van der Waals surface area contributed by atoms with E-state index in [2.05, 4.69) is 37.5 Å². The van der Waals surface area contributed by atoms with Crippen LogP contribution >= 0.6 is 0 Å². The van der Waals surface area contributed by atoms with Gasteiger partial charge in [0.2, 0.25) is 0 Å². The summed E-state index contributed by atoms with van der Waals surface area (Å²) in [4.78, 5) is 8.80. The average Bonchev–Trinajstić information content (AvgIpc) is 3.33. The van der Waals surface area contributed by atoms with Crippen molar-refractivity contribution in [2.45, 2.75) is 44.6 Å². The Bertz CT molecular complexity index is 1310. The van der Waals surface area contributed by atoms with Crippen LogP contribution < -0.4 is 10.5 Å². The zero-order valence-corrected chi connectivity index (χ0v) is 18.8. The molecule has 0 radical (unpaired) electrons. The third kappa shape index (κ3) is 4.36. The fourth-order valence-corrected chi connectivity index (χ4v) is 4.61. The lowest BCUT2D eigenvalue weighted by Crippen LogP contribution is -2.15. The maximum Gasteiger partial charge on any atom is 0.166 e. The van der Waals surface area contributed by atoms with Crippen molar-refractivity contribution in [2.24, 2.45) is 16.1 Å². The largest absolute Gasteiger partial charge is 0.489 e. The normalized spacial score (nSPS) is 14.9. The number of amidine groups is 1. The highest BCUT2D eigenvalue weighted by atomic mass is 16.5. The lowest BCUT2D eigenvalue weighted by atomic mass is 9.84. The molecule has 0 unspecified atom stereocenters. The van der Waals surface area contributed by atoms with Crippen LogP contribution in [-0.4, -0.2) is 25.4 Å². The van der Waals surface area contributed by atoms with Crippen LogP contribution in [0.15, 0.2) is 71.5 Å². The van der Waals surface area contributed by atoms with Gasteiger partial charge in [0, 0.05) is 35.6 Å². The molecule has 0 bridgehead atoms. The van der Waals surface area contributed by atoms with Crippen molar-refractivity contribution in [1.82, 2.24) is 19.6 Å². The van der Waals surface area contributed by atoms with Crippen molar-refractivity contribution in [3.05, 3.63) is 78.0 Å². The summed E-state index contributed by atoms with van der Waals surface area (Å²) < 4.78 is 7.82. The van der Waals surface area contributed by atoms with Crippen molar-refractivity contribution in [3.8, 4) is 16.9 Å². The van der Waals surface area contributed by atoms with Crippen LogP contribution in [0, 0.1) is 5.53 Å². The molecule has 1 aliphatic rings. The Labute approximate surface area is 197 Å². The summed E-state index contributed by atoms with van der Waals surface area (Å²) in [6, 6.07) is 12.0.